The maximum Gasteiger partial charge on any atom is 0.300 e. The maximum absolute atomic E-state index is 13.1. The van der Waals surface area contributed by atoms with Crippen molar-refractivity contribution in [3.05, 3.63) is 105 Å². The Balaban J connectivity index is 1.94. The molecular formula is C24H17ClN2O6. The number of methoxy groups -OCH3 is 1. The number of non-ortho nitro benzene ring substituents is 1. The molecule has 1 amide bonds. The van der Waals surface area contributed by atoms with Gasteiger partial charge in [0.15, 0.2) is 0 Å². The van der Waals surface area contributed by atoms with Crippen molar-refractivity contribution in [2.45, 2.75) is 6.04 Å². The van der Waals surface area contributed by atoms with Gasteiger partial charge in [-0.15, -0.1) is 0 Å². The largest absolute Gasteiger partial charge is 0.507 e. The lowest BCUT2D eigenvalue weighted by Gasteiger charge is -2.25. The number of ketones is 1. The van der Waals surface area contributed by atoms with Gasteiger partial charge in [0.25, 0.3) is 17.4 Å². The molecule has 1 aliphatic rings. The molecule has 1 fully saturated rings. The number of anilines is 1. The summed E-state index contributed by atoms with van der Waals surface area (Å²) in [4.78, 5) is 38.2. The van der Waals surface area contributed by atoms with Crippen molar-refractivity contribution in [3.8, 4) is 5.75 Å². The average Bonchev–Trinajstić information content (AvgIpc) is 3.09. The van der Waals surface area contributed by atoms with Crippen LogP contribution in [0.2, 0.25) is 5.02 Å². The molecule has 1 aliphatic heterocycles. The van der Waals surface area contributed by atoms with Crippen molar-refractivity contribution >= 4 is 40.4 Å². The Morgan fingerprint density at radius 1 is 1.06 bits per heavy atom. The molecule has 8 nitrogen and oxygen atoms in total. The van der Waals surface area contributed by atoms with Crippen molar-refractivity contribution in [3.63, 3.8) is 0 Å². The topological polar surface area (TPSA) is 110 Å². The minimum absolute atomic E-state index is 0.182. The highest BCUT2D eigenvalue weighted by atomic mass is 35.5. The average molecular weight is 465 g/mol. The molecule has 0 spiro atoms. The molecule has 3 aromatic carbocycles. The minimum Gasteiger partial charge on any atom is -0.507 e. The van der Waals surface area contributed by atoms with E-state index in [-0.39, 0.29) is 16.8 Å². The van der Waals surface area contributed by atoms with Crippen molar-refractivity contribution < 1.29 is 24.4 Å². The van der Waals surface area contributed by atoms with Crippen molar-refractivity contribution in [1.29, 1.82) is 0 Å². The van der Waals surface area contributed by atoms with Crippen LogP contribution in [-0.4, -0.2) is 28.8 Å². The van der Waals surface area contributed by atoms with Gasteiger partial charge in [0.1, 0.15) is 11.5 Å². The van der Waals surface area contributed by atoms with E-state index in [1.54, 1.807) is 42.5 Å². The number of amides is 1. The number of aliphatic hydroxyl groups excluding tert-OH is 1. The molecule has 0 radical (unpaired) electrons. The van der Waals surface area contributed by atoms with Gasteiger partial charge in [-0.05, 0) is 54.1 Å². The van der Waals surface area contributed by atoms with Gasteiger partial charge in [-0.3, -0.25) is 24.6 Å². The van der Waals surface area contributed by atoms with Gasteiger partial charge in [-0.25, -0.2) is 0 Å². The molecule has 0 bridgehead atoms. The number of nitro benzene ring substituents is 1. The van der Waals surface area contributed by atoms with Gasteiger partial charge < -0.3 is 9.84 Å². The first-order chi connectivity index (χ1) is 15.8. The fourth-order valence-electron chi connectivity index (χ4n) is 3.73. The first-order valence-electron chi connectivity index (χ1n) is 9.77. The predicted octanol–water partition coefficient (Wildman–Crippen LogP) is 4.88. The normalized spacial score (nSPS) is 17.3. The number of hydrogen-bond acceptors (Lipinski definition) is 6. The maximum atomic E-state index is 13.1. The smallest absolute Gasteiger partial charge is 0.300 e. The molecular weight excluding hydrogens is 448 g/mol. The highest BCUT2D eigenvalue weighted by Crippen LogP contribution is 2.43. The first kappa shape index (κ1) is 22.0. The van der Waals surface area contributed by atoms with Crippen LogP contribution in [0.15, 0.2) is 78.4 Å². The summed E-state index contributed by atoms with van der Waals surface area (Å²) < 4.78 is 5.15. The fourth-order valence-corrected chi connectivity index (χ4v) is 3.85. The van der Waals surface area contributed by atoms with Crippen LogP contribution in [0.25, 0.3) is 5.76 Å². The monoisotopic (exact) mass is 464 g/mol. The Hall–Kier alpha value is -4.17. The van der Waals surface area contributed by atoms with E-state index in [4.69, 9.17) is 16.3 Å². The Kier molecular flexibility index (Phi) is 5.85. The number of carbonyl (C=O) groups is 2. The Labute approximate surface area is 193 Å². The second kappa shape index (κ2) is 8.76. The Bertz CT molecular complexity index is 1290. The summed E-state index contributed by atoms with van der Waals surface area (Å²) in [5, 5.41) is 22.8. The zero-order chi connectivity index (χ0) is 23.7. The molecule has 4 rings (SSSR count). The number of ether oxygens (including phenoxy) is 1. The fraction of sp³-hybridized carbons (Fsp3) is 0.0833. The van der Waals surface area contributed by atoms with Gasteiger partial charge in [0.2, 0.25) is 0 Å². The van der Waals surface area contributed by atoms with Crippen molar-refractivity contribution in [2.24, 2.45) is 0 Å². The first-order valence-corrected chi connectivity index (χ1v) is 10.1. The number of hydrogen-bond donors (Lipinski definition) is 1. The van der Waals surface area contributed by atoms with E-state index in [9.17, 15) is 24.8 Å². The molecule has 9 heteroatoms. The zero-order valence-electron chi connectivity index (χ0n) is 17.3. The van der Waals surface area contributed by atoms with Crippen LogP contribution in [0.4, 0.5) is 11.4 Å². The molecule has 0 aromatic heterocycles. The third-order valence-corrected chi connectivity index (χ3v) is 5.56. The molecule has 1 heterocycles. The summed E-state index contributed by atoms with van der Waals surface area (Å²) in [6.07, 6.45) is 0. The third kappa shape index (κ3) is 4.04. The summed E-state index contributed by atoms with van der Waals surface area (Å²) in [7, 11) is 1.50. The molecule has 0 unspecified atom stereocenters. The molecule has 166 valence electrons. The van der Waals surface area contributed by atoms with Crippen molar-refractivity contribution in [2.75, 3.05) is 12.0 Å². The molecule has 0 saturated carbocycles. The lowest BCUT2D eigenvalue weighted by atomic mass is 9.95. The van der Waals surface area contributed by atoms with Gasteiger partial charge >= 0.3 is 0 Å². The van der Waals surface area contributed by atoms with E-state index >= 15 is 0 Å². The summed E-state index contributed by atoms with van der Waals surface area (Å²) in [5.74, 6) is -1.64. The van der Waals surface area contributed by atoms with E-state index < -0.39 is 28.4 Å². The molecule has 1 N–H and O–H groups in total. The van der Waals surface area contributed by atoms with Gasteiger partial charge in [0.05, 0.1) is 23.6 Å². The van der Waals surface area contributed by atoms with Crippen LogP contribution in [-0.2, 0) is 9.59 Å². The van der Waals surface area contributed by atoms with Crippen molar-refractivity contribution in [1.82, 2.24) is 0 Å². The Morgan fingerprint density at radius 3 is 2.33 bits per heavy atom. The SMILES string of the molecule is COc1ccc(N2C(=O)C(=O)C(=C(O)c3ccc(Cl)cc3)[C@@H]2c2cccc([N+](=O)[O-])c2)cc1. The van der Waals surface area contributed by atoms with Crippen LogP contribution in [0.3, 0.4) is 0 Å². The van der Waals surface area contributed by atoms with E-state index in [0.29, 0.717) is 22.0 Å². The van der Waals surface area contributed by atoms with Gasteiger partial charge in [-0.2, -0.15) is 0 Å². The number of aliphatic hydroxyl groups is 1. The van der Waals surface area contributed by atoms with E-state index in [0.717, 1.165) is 0 Å². The zero-order valence-corrected chi connectivity index (χ0v) is 18.0. The van der Waals surface area contributed by atoms with Crippen LogP contribution in [0.1, 0.15) is 17.2 Å². The van der Waals surface area contributed by atoms with Gasteiger partial charge in [0, 0.05) is 28.4 Å². The minimum atomic E-state index is -1.09. The second-order valence-electron chi connectivity index (χ2n) is 7.23. The number of Topliss-reactive ketones (excluding diaryl/α,β-unsaturated/α-hetero) is 1. The number of halogens is 1. The van der Waals surface area contributed by atoms with Gasteiger partial charge in [-0.1, -0.05) is 23.7 Å². The Morgan fingerprint density at radius 2 is 1.73 bits per heavy atom. The van der Waals surface area contributed by atoms with Crippen LogP contribution in [0, 0.1) is 10.1 Å². The number of carbonyl (C=O) groups excluding carboxylic acids is 2. The number of nitro groups is 1. The quantitative estimate of drug-likeness (QED) is 0.189. The lowest BCUT2D eigenvalue weighted by Crippen LogP contribution is -2.29. The molecule has 0 aliphatic carbocycles. The summed E-state index contributed by atoms with van der Waals surface area (Å²) >= 11 is 5.93. The standard InChI is InChI=1S/C24H17ClN2O6/c1-33-19-11-9-17(10-12-19)26-21(15-3-2-4-18(13-15)27(31)32)20(23(29)24(26)30)22(28)14-5-7-16(25)8-6-14/h2-13,21,28H,1H3/t21-/m0/s1. The molecule has 1 atom stereocenters. The summed E-state index contributed by atoms with van der Waals surface area (Å²) in [6.45, 7) is 0. The molecule has 1 saturated heterocycles. The van der Waals surface area contributed by atoms with E-state index in [1.807, 2.05) is 0 Å². The number of benzene rings is 3. The summed E-state index contributed by atoms with van der Waals surface area (Å²) in [6, 6.07) is 17.1. The van der Waals surface area contributed by atoms with E-state index in [2.05, 4.69) is 0 Å². The predicted molar refractivity (Wildman–Crippen MR) is 122 cm³/mol. The summed E-state index contributed by atoms with van der Waals surface area (Å²) in [5.41, 5.74) is 0.555. The third-order valence-electron chi connectivity index (χ3n) is 5.31. The number of nitrogens with zero attached hydrogens (tertiary/aromatic N) is 2. The molecule has 3 aromatic rings. The molecule has 33 heavy (non-hydrogen) atoms. The number of rotatable bonds is 5. The van der Waals surface area contributed by atoms with Crippen LogP contribution >= 0.6 is 11.6 Å². The van der Waals surface area contributed by atoms with Crippen LogP contribution < -0.4 is 9.64 Å². The van der Waals surface area contributed by atoms with E-state index in [1.165, 1.54) is 42.3 Å². The second-order valence-corrected chi connectivity index (χ2v) is 7.66. The highest BCUT2D eigenvalue weighted by molar-refractivity contribution is 6.51. The highest BCUT2D eigenvalue weighted by Gasteiger charge is 2.47. The van der Waals surface area contributed by atoms with Crippen LogP contribution in [0.5, 0.6) is 5.75 Å². The lowest BCUT2D eigenvalue weighted by molar-refractivity contribution is -0.384.